The van der Waals surface area contributed by atoms with Gasteiger partial charge in [0.05, 0.1) is 11.4 Å². The van der Waals surface area contributed by atoms with Crippen LogP contribution in [0, 0.1) is 5.82 Å². The van der Waals surface area contributed by atoms with Crippen molar-refractivity contribution >= 4 is 38.3 Å². The van der Waals surface area contributed by atoms with E-state index in [1.807, 2.05) is 48.7 Å². The highest BCUT2D eigenvalue weighted by Gasteiger charge is 2.33. The van der Waals surface area contributed by atoms with Crippen LogP contribution in [0.2, 0.25) is 5.02 Å². The third kappa shape index (κ3) is 10.2. The largest absolute Gasteiger partial charge is 0.385 e. The minimum Gasteiger partial charge on any atom is -0.385 e. The van der Waals surface area contributed by atoms with Crippen LogP contribution in [-0.4, -0.2) is 91.8 Å². The number of likely N-dealkylation sites (N-methyl/N-ethyl adjacent to an activating group) is 1. The maximum Gasteiger partial charge on any atom is 0.218 e. The Bertz CT molecular complexity index is 1780. The molecule has 3 heterocycles. The Balaban J connectivity index is 0.000000192. The van der Waals surface area contributed by atoms with Crippen molar-refractivity contribution in [2.45, 2.75) is 56.3 Å². The van der Waals surface area contributed by atoms with Gasteiger partial charge in [0.25, 0.3) is 0 Å². The van der Waals surface area contributed by atoms with Gasteiger partial charge in [-0.2, -0.15) is 0 Å². The van der Waals surface area contributed by atoms with Gasteiger partial charge in [0.15, 0.2) is 5.78 Å². The molecule has 11 heteroatoms. The lowest BCUT2D eigenvalue weighted by molar-refractivity contribution is -0.0260. The van der Waals surface area contributed by atoms with Crippen molar-refractivity contribution in [3.8, 4) is 0 Å². The van der Waals surface area contributed by atoms with Gasteiger partial charge in [0.2, 0.25) is 10.0 Å². The number of likely N-dealkylation sites (tertiary alicyclic amines) is 1. The van der Waals surface area contributed by atoms with Crippen molar-refractivity contribution in [2.75, 3.05) is 53.4 Å². The summed E-state index contributed by atoms with van der Waals surface area (Å²) in [6.07, 6.45) is 7.48. The average molecular weight is 711 g/mol. The van der Waals surface area contributed by atoms with Crippen molar-refractivity contribution in [1.29, 1.82) is 0 Å². The normalized spacial score (nSPS) is 16.9. The Morgan fingerprint density at radius 2 is 1.65 bits per heavy atom. The number of carbonyl (C=O) groups is 1. The number of H-pyrrole nitrogens is 1. The highest BCUT2D eigenvalue weighted by Crippen LogP contribution is 2.33. The number of aromatic amines is 1. The molecule has 6 rings (SSSR count). The number of Topliss-reactive ketones (excluding diaryl/α,β-unsaturated/α-hetero) is 1. The molecule has 0 amide bonds. The van der Waals surface area contributed by atoms with Crippen molar-refractivity contribution in [2.24, 2.45) is 0 Å². The molecular weight excluding hydrogens is 663 g/mol. The molecule has 2 N–H and O–H groups in total. The number of hydrogen-bond acceptors (Lipinski definition) is 6. The molecule has 2 fully saturated rings. The Hall–Kier alpha value is -3.12. The second-order valence-electron chi connectivity index (χ2n) is 13.5. The molecule has 0 atom stereocenters. The van der Waals surface area contributed by atoms with Gasteiger partial charge in [-0.15, -0.1) is 0 Å². The number of rotatable bonds is 12. The van der Waals surface area contributed by atoms with E-state index in [-0.39, 0.29) is 17.4 Å². The molecule has 2 aliphatic heterocycles. The van der Waals surface area contributed by atoms with Crippen LogP contribution < -0.4 is 0 Å². The first-order valence-electron chi connectivity index (χ1n) is 17.1. The summed E-state index contributed by atoms with van der Waals surface area (Å²) in [4.78, 5) is 19.8. The molecule has 0 radical (unpaired) electrons. The number of hydrogen-bond donors (Lipinski definition) is 2. The molecule has 49 heavy (non-hydrogen) atoms. The van der Waals surface area contributed by atoms with E-state index in [0.717, 1.165) is 73.9 Å². The Morgan fingerprint density at radius 1 is 0.980 bits per heavy atom. The number of carbonyl (C=O) groups excluding carboxylic acids is 1. The lowest BCUT2D eigenvalue weighted by Crippen LogP contribution is -2.42. The summed E-state index contributed by atoms with van der Waals surface area (Å²) in [6.45, 7) is 4.73. The SMILES string of the molecule is CN(C)CCc1c[nH]c2ccc(CS(=O)(=O)N3CCCC3)cc12.O=C(CCCN1CCC(O)(c2ccc(Cl)cc2)CC1)c1ccc(F)cc1. The number of nitrogens with one attached hydrogen (secondary N) is 1. The second kappa shape index (κ2) is 16.7. The zero-order valence-corrected chi connectivity index (χ0v) is 30.1. The van der Waals surface area contributed by atoms with E-state index < -0.39 is 15.6 Å². The average Bonchev–Trinajstić information content (AvgIpc) is 3.77. The van der Waals surface area contributed by atoms with Gasteiger partial charge in [-0.25, -0.2) is 17.1 Å². The minimum atomic E-state index is -3.19. The summed E-state index contributed by atoms with van der Waals surface area (Å²) < 4.78 is 39.5. The fraction of sp³-hybridized carbons (Fsp3) is 0.447. The summed E-state index contributed by atoms with van der Waals surface area (Å²) in [5, 5.41) is 12.7. The minimum absolute atomic E-state index is 0.0414. The lowest BCUT2D eigenvalue weighted by Gasteiger charge is -2.38. The van der Waals surface area contributed by atoms with Crippen LogP contribution in [0.4, 0.5) is 4.39 Å². The molecule has 4 aromatic rings. The molecule has 8 nitrogen and oxygen atoms in total. The first-order chi connectivity index (χ1) is 23.4. The standard InChI is InChI=1S/C21H23ClFNO2.C17H25N3O2S/c22-18-7-5-17(6-8-18)21(26)11-14-24(15-12-21)13-1-2-20(25)16-3-9-19(23)10-4-16;1-19(2)10-7-15-12-18-17-6-5-14(11-16(15)17)13-23(21,22)20-8-3-4-9-20/h3-10,26H,1-2,11-15H2;5-6,11-12,18H,3-4,7-10,13H2,1-2H3. The van der Waals surface area contributed by atoms with E-state index in [1.54, 1.807) is 4.31 Å². The highest BCUT2D eigenvalue weighted by atomic mass is 35.5. The van der Waals surface area contributed by atoms with Crippen LogP contribution in [-0.2, 0) is 27.8 Å². The maximum absolute atomic E-state index is 12.9. The smallest absolute Gasteiger partial charge is 0.218 e. The van der Waals surface area contributed by atoms with Crippen LogP contribution in [0.3, 0.4) is 0 Å². The molecule has 3 aromatic carbocycles. The number of aromatic nitrogens is 1. The van der Waals surface area contributed by atoms with E-state index in [2.05, 4.69) is 28.9 Å². The van der Waals surface area contributed by atoms with Crippen LogP contribution in [0.1, 0.15) is 65.6 Å². The second-order valence-corrected chi connectivity index (χ2v) is 15.9. The monoisotopic (exact) mass is 710 g/mol. The third-order valence-corrected chi connectivity index (χ3v) is 11.7. The molecule has 0 saturated carbocycles. The predicted octanol–water partition coefficient (Wildman–Crippen LogP) is 6.62. The summed E-state index contributed by atoms with van der Waals surface area (Å²) in [5.74, 6) is -0.191. The number of halogens is 2. The van der Waals surface area contributed by atoms with Gasteiger partial charge in [-0.3, -0.25) is 4.79 Å². The molecule has 1 aromatic heterocycles. The number of fused-ring (bicyclic) bond motifs is 1. The highest BCUT2D eigenvalue weighted by molar-refractivity contribution is 7.88. The van der Waals surface area contributed by atoms with E-state index in [4.69, 9.17) is 11.6 Å². The van der Waals surface area contributed by atoms with Crippen molar-refractivity contribution < 1.29 is 22.7 Å². The van der Waals surface area contributed by atoms with Crippen LogP contribution in [0.5, 0.6) is 0 Å². The number of sulfonamides is 1. The van der Waals surface area contributed by atoms with Gasteiger partial charge >= 0.3 is 0 Å². The molecule has 264 valence electrons. The number of nitrogens with zero attached hydrogens (tertiary/aromatic N) is 3. The zero-order chi connectivity index (χ0) is 35.0. The summed E-state index contributed by atoms with van der Waals surface area (Å²) in [7, 11) is 0.928. The van der Waals surface area contributed by atoms with Gasteiger partial charge in [-0.1, -0.05) is 29.8 Å². The van der Waals surface area contributed by atoms with Gasteiger partial charge in [0.1, 0.15) is 5.82 Å². The summed E-state index contributed by atoms with van der Waals surface area (Å²) >= 11 is 5.92. The van der Waals surface area contributed by atoms with Crippen molar-refractivity contribution in [3.05, 3.63) is 106 Å². The number of benzene rings is 3. The Morgan fingerprint density at radius 3 is 2.31 bits per heavy atom. The summed E-state index contributed by atoms with van der Waals surface area (Å²) in [6, 6.07) is 19.0. The molecule has 0 spiro atoms. The predicted molar refractivity (Wildman–Crippen MR) is 195 cm³/mol. The van der Waals surface area contributed by atoms with Crippen LogP contribution >= 0.6 is 11.6 Å². The van der Waals surface area contributed by atoms with E-state index in [0.29, 0.717) is 42.9 Å². The zero-order valence-electron chi connectivity index (χ0n) is 28.5. The number of aliphatic hydroxyl groups is 1. The number of ketones is 1. The van der Waals surface area contributed by atoms with Crippen LogP contribution in [0.15, 0.2) is 72.9 Å². The number of piperidine rings is 1. The van der Waals surface area contributed by atoms with Gasteiger partial charge in [-0.05, 0) is 124 Å². The maximum atomic E-state index is 12.9. The van der Waals surface area contributed by atoms with Crippen molar-refractivity contribution in [1.82, 2.24) is 19.1 Å². The molecule has 0 bridgehead atoms. The first-order valence-corrected chi connectivity index (χ1v) is 19.1. The molecule has 0 aliphatic carbocycles. The molecule has 0 unspecified atom stereocenters. The van der Waals surface area contributed by atoms with E-state index >= 15 is 0 Å². The topological polar surface area (TPSA) is 97.0 Å². The fourth-order valence-electron chi connectivity index (χ4n) is 6.57. The molecule has 2 saturated heterocycles. The Labute approximate surface area is 294 Å². The van der Waals surface area contributed by atoms with Gasteiger partial charge < -0.3 is 19.9 Å². The van der Waals surface area contributed by atoms with E-state index in [9.17, 15) is 22.7 Å². The fourth-order valence-corrected chi connectivity index (χ4v) is 8.30. The van der Waals surface area contributed by atoms with Gasteiger partial charge in [0, 0.05) is 66.8 Å². The summed E-state index contributed by atoms with van der Waals surface area (Å²) in [5.41, 5.74) is 3.85. The lowest BCUT2D eigenvalue weighted by atomic mass is 9.84. The first kappa shape index (κ1) is 37.1. The van der Waals surface area contributed by atoms with E-state index in [1.165, 1.54) is 29.8 Å². The molecule has 2 aliphatic rings. The van der Waals surface area contributed by atoms with Crippen molar-refractivity contribution in [3.63, 3.8) is 0 Å². The Kier molecular flexibility index (Phi) is 12.7. The van der Waals surface area contributed by atoms with Crippen LogP contribution in [0.25, 0.3) is 10.9 Å². The quantitative estimate of drug-likeness (QED) is 0.161. The third-order valence-electron chi connectivity index (χ3n) is 9.58. The molecular formula is C38H48ClFN4O4S.